The minimum absolute atomic E-state index is 0.206. The number of urea groups is 1. The van der Waals surface area contributed by atoms with Crippen LogP contribution in [0.25, 0.3) is 5.69 Å². The Hall–Kier alpha value is -3.09. The number of hydrogen-bond donors (Lipinski definition) is 3. The Bertz CT molecular complexity index is 795. The Balaban J connectivity index is 1.76. The summed E-state index contributed by atoms with van der Waals surface area (Å²) < 4.78 is 1.76. The third-order valence-corrected chi connectivity index (χ3v) is 3.91. The number of allylic oxidation sites excluding steroid dienone is 1. The number of para-hydroxylation sites is 1. The molecular weight excluding hydrogens is 306 g/mol. The summed E-state index contributed by atoms with van der Waals surface area (Å²) in [5.41, 5.74) is 2.97. The number of carbonyl (C=O) groups excluding carboxylic acids is 2. The lowest BCUT2D eigenvalue weighted by atomic mass is 10.0. The van der Waals surface area contributed by atoms with E-state index in [-0.39, 0.29) is 18.0 Å². The zero-order valence-electron chi connectivity index (χ0n) is 13.5. The second kappa shape index (κ2) is 6.57. The SMILES string of the molecule is CC1=C(C(=O)NCc2ccccc2-n2cccn2)[C@H](C)NC(=O)N1. The highest BCUT2D eigenvalue weighted by Crippen LogP contribution is 2.15. The summed E-state index contributed by atoms with van der Waals surface area (Å²) in [5, 5.41) is 12.5. The van der Waals surface area contributed by atoms with Gasteiger partial charge in [-0.3, -0.25) is 4.79 Å². The Morgan fingerprint density at radius 3 is 2.83 bits per heavy atom. The van der Waals surface area contributed by atoms with Gasteiger partial charge in [0, 0.05) is 24.6 Å². The first-order chi connectivity index (χ1) is 11.6. The molecule has 0 saturated carbocycles. The zero-order valence-corrected chi connectivity index (χ0v) is 13.5. The van der Waals surface area contributed by atoms with Crippen LogP contribution in [0, 0.1) is 0 Å². The Morgan fingerprint density at radius 2 is 2.12 bits per heavy atom. The van der Waals surface area contributed by atoms with Gasteiger partial charge in [-0.1, -0.05) is 18.2 Å². The molecule has 0 fully saturated rings. The number of rotatable bonds is 4. The fourth-order valence-electron chi connectivity index (χ4n) is 2.80. The first-order valence-corrected chi connectivity index (χ1v) is 7.70. The van der Waals surface area contributed by atoms with Gasteiger partial charge in [0.2, 0.25) is 0 Å². The molecule has 2 aromatic rings. The van der Waals surface area contributed by atoms with Crippen molar-refractivity contribution in [2.75, 3.05) is 0 Å². The average Bonchev–Trinajstić information content (AvgIpc) is 3.06. The van der Waals surface area contributed by atoms with E-state index in [4.69, 9.17) is 0 Å². The fraction of sp³-hybridized carbons (Fsp3) is 0.235. The monoisotopic (exact) mass is 325 g/mol. The molecule has 1 aromatic carbocycles. The molecule has 7 nitrogen and oxygen atoms in total. The van der Waals surface area contributed by atoms with Crippen LogP contribution >= 0.6 is 0 Å². The molecule has 0 bridgehead atoms. The van der Waals surface area contributed by atoms with Crippen molar-refractivity contribution >= 4 is 11.9 Å². The van der Waals surface area contributed by atoms with E-state index in [1.807, 2.05) is 36.5 Å². The van der Waals surface area contributed by atoms with Crippen LogP contribution in [0.3, 0.4) is 0 Å². The summed E-state index contributed by atoms with van der Waals surface area (Å²) in [5.74, 6) is -0.206. The van der Waals surface area contributed by atoms with Crippen LogP contribution in [0.15, 0.2) is 54.0 Å². The van der Waals surface area contributed by atoms with Crippen molar-refractivity contribution in [2.45, 2.75) is 26.4 Å². The van der Waals surface area contributed by atoms with Crippen molar-refractivity contribution in [3.05, 3.63) is 59.6 Å². The summed E-state index contributed by atoms with van der Waals surface area (Å²) in [6.45, 7) is 3.88. The van der Waals surface area contributed by atoms with Gasteiger partial charge in [-0.15, -0.1) is 0 Å². The number of carbonyl (C=O) groups is 2. The smallest absolute Gasteiger partial charge is 0.319 e. The maximum absolute atomic E-state index is 12.5. The fourth-order valence-corrected chi connectivity index (χ4v) is 2.80. The molecule has 0 unspecified atom stereocenters. The molecule has 1 aliphatic rings. The molecule has 3 rings (SSSR count). The van der Waals surface area contributed by atoms with Crippen molar-refractivity contribution in [3.63, 3.8) is 0 Å². The Labute approximate surface area is 139 Å². The van der Waals surface area contributed by atoms with E-state index in [1.165, 1.54) is 0 Å². The molecule has 0 radical (unpaired) electrons. The number of benzene rings is 1. The Kier molecular flexibility index (Phi) is 4.33. The van der Waals surface area contributed by atoms with Gasteiger partial charge in [-0.05, 0) is 31.5 Å². The molecule has 1 aliphatic heterocycles. The summed E-state index contributed by atoms with van der Waals surface area (Å²) in [6.07, 6.45) is 3.57. The number of aromatic nitrogens is 2. The van der Waals surface area contributed by atoms with E-state index in [0.717, 1.165) is 11.3 Å². The van der Waals surface area contributed by atoms with Crippen molar-refractivity contribution in [2.24, 2.45) is 0 Å². The van der Waals surface area contributed by atoms with E-state index >= 15 is 0 Å². The van der Waals surface area contributed by atoms with E-state index in [2.05, 4.69) is 21.0 Å². The standard InChI is InChI=1S/C17H19N5O2/c1-11-15(12(2)21-17(24)20-11)16(23)18-10-13-6-3-4-7-14(13)22-9-5-8-19-22/h3-9,11H,10H2,1-2H3,(H,18,23)(H2,20,21,24)/t11-/m0/s1. The van der Waals surface area contributed by atoms with Crippen LogP contribution in [0.1, 0.15) is 19.4 Å². The van der Waals surface area contributed by atoms with Gasteiger partial charge in [0.1, 0.15) is 0 Å². The van der Waals surface area contributed by atoms with Crippen molar-refractivity contribution < 1.29 is 9.59 Å². The van der Waals surface area contributed by atoms with Gasteiger partial charge < -0.3 is 16.0 Å². The normalized spacial score (nSPS) is 17.2. The molecule has 1 atom stereocenters. The van der Waals surface area contributed by atoms with Crippen molar-refractivity contribution in [1.82, 2.24) is 25.7 Å². The highest BCUT2D eigenvalue weighted by atomic mass is 16.2. The maximum Gasteiger partial charge on any atom is 0.319 e. The maximum atomic E-state index is 12.5. The van der Waals surface area contributed by atoms with Gasteiger partial charge in [0.15, 0.2) is 0 Å². The second-order valence-electron chi connectivity index (χ2n) is 5.62. The molecule has 0 aliphatic carbocycles. The number of nitrogens with one attached hydrogen (secondary N) is 3. The van der Waals surface area contributed by atoms with Crippen LogP contribution in [-0.4, -0.2) is 27.8 Å². The van der Waals surface area contributed by atoms with E-state index in [9.17, 15) is 9.59 Å². The lowest BCUT2D eigenvalue weighted by Crippen LogP contribution is -2.50. The molecule has 1 aromatic heterocycles. The largest absolute Gasteiger partial charge is 0.348 e. The van der Waals surface area contributed by atoms with Crippen molar-refractivity contribution in [3.8, 4) is 5.69 Å². The third kappa shape index (κ3) is 3.15. The summed E-state index contributed by atoms with van der Waals surface area (Å²) in [4.78, 5) is 23.9. The minimum atomic E-state index is -0.333. The third-order valence-electron chi connectivity index (χ3n) is 3.91. The first-order valence-electron chi connectivity index (χ1n) is 7.70. The number of amides is 3. The van der Waals surface area contributed by atoms with Gasteiger partial charge in [-0.2, -0.15) is 5.10 Å². The topological polar surface area (TPSA) is 88.1 Å². The number of nitrogens with zero attached hydrogens (tertiary/aromatic N) is 2. The average molecular weight is 325 g/mol. The highest BCUT2D eigenvalue weighted by Gasteiger charge is 2.26. The first kappa shape index (κ1) is 15.8. The lowest BCUT2D eigenvalue weighted by Gasteiger charge is -2.25. The van der Waals surface area contributed by atoms with Gasteiger partial charge in [-0.25, -0.2) is 9.48 Å². The summed E-state index contributed by atoms with van der Waals surface area (Å²) in [7, 11) is 0. The van der Waals surface area contributed by atoms with Crippen LogP contribution in [0.4, 0.5) is 4.79 Å². The predicted octanol–water partition coefficient (Wildman–Crippen LogP) is 1.46. The molecule has 0 spiro atoms. The highest BCUT2D eigenvalue weighted by molar-refractivity contribution is 5.98. The van der Waals surface area contributed by atoms with Crippen molar-refractivity contribution in [1.29, 1.82) is 0 Å². The van der Waals surface area contributed by atoms with E-state index in [0.29, 0.717) is 17.8 Å². The molecule has 3 amide bonds. The van der Waals surface area contributed by atoms with Gasteiger partial charge in [0.25, 0.3) is 5.91 Å². The van der Waals surface area contributed by atoms with E-state index < -0.39 is 0 Å². The van der Waals surface area contributed by atoms with Gasteiger partial charge >= 0.3 is 6.03 Å². The zero-order chi connectivity index (χ0) is 17.1. The van der Waals surface area contributed by atoms with Crippen LogP contribution < -0.4 is 16.0 Å². The summed E-state index contributed by atoms with van der Waals surface area (Å²) in [6, 6.07) is 8.97. The van der Waals surface area contributed by atoms with Crippen LogP contribution in [0.5, 0.6) is 0 Å². The molecule has 7 heteroatoms. The molecule has 24 heavy (non-hydrogen) atoms. The number of hydrogen-bond acceptors (Lipinski definition) is 3. The van der Waals surface area contributed by atoms with E-state index in [1.54, 1.807) is 24.7 Å². The van der Waals surface area contributed by atoms with Crippen LogP contribution in [0.2, 0.25) is 0 Å². The van der Waals surface area contributed by atoms with Gasteiger partial charge in [0.05, 0.1) is 17.3 Å². The quantitative estimate of drug-likeness (QED) is 0.795. The molecular formula is C17H19N5O2. The molecule has 2 heterocycles. The molecule has 3 N–H and O–H groups in total. The second-order valence-corrected chi connectivity index (χ2v) is 5.62. The van der Waals surface area contributed by atoms with Crippen LogP contribution in [-0.2, 0) is 11.3 Å². The molecule has 0 saturated heterocycles. The molecule has 124 valence electrons. The predicted molar refractivity (Wildman–Crippen MR) is 89.2 cm³/mol. The Morgan fingerprint density at radius 1 is 1.33 bits per heavy atom. The lowest BCUT2D eigenvalue weighted by molar-refractivity contribution is -0.118. The minimum Gasteiger partial charge on any atom is -0.348 e. The summed E-state index contributed by atoms with van der Waals surface area (Å²) >= 11 is 0.